The number of pyridine rings is 3. The van der Waals surface area contributed by atoms with Gasteiger partial charge in [-0.1, -0.05) is 65.7 Å². The van der Waals surface area contributed by atoms with Crippen molar-refractivity contribution in [1.82, 2.24) is 15.0 Å². The summed E-state index contributed by atoms with van der Waals surface area (Å²) in [5.41, 5.74) is 4.44. The SMILES string of the molecule is CC(=O)Nc1ccc(Cl)cc1Cl.CC(=O)Nc1ccc(F)cc1F.CC(=O)Nc1cccc(F)c1F.CC(=O)Nc1ccccc1C#N.CC(=O)Nc1ccccn1.CC(=O)Nc1cccnc1.CC(=O)Nc1ccncc1.COc1cccc(NC(C)=O)c1.COc1ccccc1NC(C)=O. The van der Waals surface area contributed by atoms with Crippen LogP contribution in [0.3, 0.4) is 0 Å². The molecule has 0 spiro atoms. The summed E-state index contributed by atoms with van der Waals surface area (Å²) in [5, 5.41) is 32.2. The number of benzene rings is 6. The summed E-state index contributed by atoms with van der Waals surface area (Å²) < 4.78 is 60.4. The number of nitrogens with zero attached hydrogens (tertiary/aromatic N) is 4. The number of ether oxygens (including phenoxy) is 2. The maximum absolute atomic E-state index is 12.8. The highest BCUT2D eigenvalue weighted by Gasteiger charge is 2.09. The lowest BCUT2D eigenvalue weighted by atomic mass is 10.2. The van der Waals surface area contributed by atoms with E-state index in [9.17, 15) is 60.7 Å². The third-order valence-corrected chi connectivity index (χ3v) is 11.4. The van der Waals surface area contributed by atoms with Crippen molar-refractivity contribution in [2.24, 2.45) is 0 Å². The molecule has 9 aromatic rings. The van der Waals surface area contributed by atoms with Gasteiger partial charge in [-0.25, -0.2) is 22.5 Å². The first-order chi connectivity index (χ1) is 48.3. The standard InChI is InChI=1S/C9H8N2O.2C9H11NO2.C8H7Cl2NO.2C8H7F2NO.3C7H8N2O/c1-7(12)11-9-5-3-2-4-8(9)6-10;1-7(11)10-8-4-3-5-9(6-8)12-2;1-7(11)10-8-5-3-4-6-9(8)12-2;2*1-5(12)11-8-3-2-6(9)4-7(8)10;1-5(12)11-7-4-2-3-6(9)8(7)10;1-6(10)9-7-2-4-8-5-3-7;1-6(10)9-7-3-2-4-8-5-7;1-6(10)9-7-4-2-3-5-8-7/h2-5H,1H3,(H,11,12);2*3-6H,1-2H3,(H,10,11);3*2-4H,1H3,(H,11,12);2-5H,1H3,(H,8,9,10);2-5H,1H3,(H,9,10);2-5H,1H3,(H,8,9,10). The lowest BCUT2D eigenvalue weighted by Gasteiger charge is -2.07. The molecule has 9 amide bonds. The summed E-state index contributed by atoms with van der Waals surface area (Å²) in [6.45, 7) is 12.6. The van der Waals surface area contributed by atoms with Gasteiger partial charge in [0.15, 0.2) is 11.6 Å². The van der Waals surface area contributed by atoms with Gasteiger partial charge in [0.2, 0.25) is 53.2 Å². The lowest BCUT2D eigenvalue weighted by molar-refractivity contribution is -0.115. The van der Waals surface area contributed by atoms with Crippen molar-refractivity contribution in [3.63, 3.8) is 0 Å². The minimum absolute atomic E-state index is 0.0103. The Kier molecular flexibility index (Phi) is 42.7. The first-order valence-corrected chi connectivity index (χ1v) is 30.4. The Hall–Kier alpha value is -12.6. The summed E-state index contributed by atoms with van der Waals surface area (Å²) in [4.78, 5) is 107. The summed E-state index contributed by atoms with van der Waals surface area (Å²) >= 11 is 11.4. The van der Waals surface area contributed by atoms with E-state index in [4.69, 9.17) is 37.9 Å². The van der Waals surface area contributed by atoms with E-state index in [1.807, 2.05) is 42.5 Å². The number of halogens is 6. The van der Waals surface area contributed by atoms with Crippen LogP contribution in [0.4, 0.5) is 68.9 Å². The molecular weight excluding hydrogens is 1370 g/mol. The highest BCUT2D eigenvalue weighted by atomic mass is 35.5. The second-order valence-electron chi connectivity index (χ2n) is 19.8. The maximum Gasteiger partial charge on any atom is 0.222 e. The quantitative estimate of drug-likeness (QED) is 0.0544. The van der Waals surface area contributed by atoms with Gasteiger partial charge >= 0.3 is 0 Å². The summed E-state index contributed by atoms with van der Waals surface area (Å²) in [6.07, 6.45) is 8.15. The van der Waals surface area contributed by atoms with Crippen LogP contribution in [-0.2, 0) is 43.2 Å². The highest BCUT2D eigenvalue weighted by Crippen LogP contribution is 2.26. The molecule has 0 fully saturated rings. The molecule has 536 valence electrons. The number of nitrogens with one attached hydrogen (secondary N) is 9. The summed E-state index contributed by atoms with van der Waals surface area (Å²) in [6, 6.07) is 47.2. The molecule has 3 heterocycles. The number of rotatable bonds is 11. The molecule has 30 heteroatoms. The van der Waals surface area contributed by atoms with Crippen LogP contribution in [0.2, 0.25) is 10.0 Å². The molecule has 9 N–H and O–H groups in total. The number of amides is 9. The summed E-state index contributed by atoms with van der Waals surface area (Å²) in [7, 11) is 3.16. The third kappa shape index (κ3) is 41.5. The van der Waals surface area contributed by atoms with Crippen LogP contribution in [0.1, 0.15) is 67.9 Å². The van der Waals surface area contributed by atoms with Crippen molar-refractivity contribution < 1.29 is 70.2 Å². The van der Waals surface area contributed by atoms with E-state index in [1.54, 1.807) is 142 Å². The van der Waals surface area contributed by atoms with Crippen LogP contribution >= 0.6 is 23.2 Å². The van der Waals surface area contributed by atoms with Gasteiger partial charge in [0.05, 0.1) is 65.1 Å². The fourth-order valence-electron chi connectivity index (χ4n) is 6.97. The van der Waals surface area contributed by atoms with Crippen LogP contribution in [-0.4, -0.2) is 82.3 Å². The predicted octanol–water partition coefficient (Wildman–Crippen LogP) is 14.7. The molecule has 102 heavy (non-hydrogen) atoms. The molecule has 24 nitrogen and oxygen atoms in total. The first kappa shape index (κ1) is 87.4. The van der Waals surface area contributed by atoms with Gasteiger partial charge in [-0.15, -0.1) is 0 Å². The van der Waals surface area contributed by atoms with E-state index >= 15 is 0 Å². The van der Waals surface area contributed by atoms with E-state index < -0.39 is 29.2 Å². The number of hydrogen-bond acceptors (Lipinski definition) is 15. The van der Waals surface area contributed by atoms with Crippen molar-refractivity contribution >= 4 is 128 Å². The Morgan fingerprint density at radius 2 is 0.882 bits per heavy atom. The predicted molar refractivity (Wildman–Crippen MR) is 388 cm³/mol. The van der Waals surface area contributed by atoms with Crippen LogP contribution in [0, 0.1) is 34.6 Å². The van der Waals surface area contributed by atoms with Crippen molar-refractivity contribution in [3.05, 3.63) is 240 Å². The normalized spacial score (nSPS) is 9.18. The van der Waals surface area contributed by atoms with E-state index in [1.165, 1.54) is 80.5 Å². The van der Waals surface area contributed by atoms with Gasteiger partial charge in [-0.3, -0.25) is 53.1 Å². The topological polar surface area (TPSA) is 343 Å². The van der Waals surface area contributed by atoms with Crippen LogP contribution < -0.4 is 57.3 Å². The molecule has 6 aromatic carbocycles. The molecule has 0 saturated heterocycles. The van der Waals surface area contributed by atoms with Crippen LogP contribution in [0.5, 0.6) is 11.5 Å². The van der Waals surface area contributed by atoms with Gasteiger partial charge in [-0.05, 0) is 115 Å². The molecule has 0 unspecified atom stereocenters. The van der Waals surface area contributed by atoms with Crippen LogP contribution in [0.25, 0.3) is 0 Å². The third-order valence-electron chi connectivity index (χ3n) is 10.9. The minimum atomic E-state index is -1.03. The van der Waals surface area contributed by atoms with E-state index in [0.29, 0.717) is 50.3 Å². The number of methoxy groups -OCH3 is 2. The molecule has 0 aliphatic carbocycles. The zero-order chi connectivity index (χ0) is 76.5. The number of hydrogen-bond donors (Lipinski definition) is 9. The van der Waals surface area contributed by atoms with Gasteiger partial charge < -0.3 is 57.3 Å². The van der Waals surface area contributed by atoms with E-state index in [2.05, 4.69) is 62.8 Å². The highest BCUT2D eigenvalue weighted by molar-refractivity contribution is 6.36. The van der Waals surface area contributed by atoms with E-state index in [-0.39, 0.29) is 58.6 Å². The molecule has 0 aliphatic heterocycles. The Bertz CT molecular complexity index is 4020. The molecule has 0 bridgehead atoms. The number of para-hydroxylation sites is 3. The smallest absolute Gasteiger partial charge is 0.222 e. The number of aromatic nitrogens is 3. The zero-order valence-corrected chi connectivity index (χ0v) is 58.6. The van der Waals surface area contributed by atoms with Gasteiger partial charge in [0.1, 0.15) is 35.0 Å². The van der Waals surface area contributed by atoms with E-state index in [0.717, 1.165) is 34.9 Å². The average molecular weight is 1450 g/mol. The number of anilines is 9. The fourth-order valence-corrected chi connectivity index (χ4v) is 7.42. The maximum atomic E-state index is 12.8. The molecular formula is C72H75Cl2F4N13O11. The molecule has 0 radical (unpaired) electrons. The molecule has 3 aromatic heterocycles. The van der Waals surface area contributed by atoms with Crippen molar-refractivity contribution in [3.8, 4) is 17.6 Å². The average Bonchev–Trinajstić information content (AvgIpc) is 0.889. The Labute approximate surface area is 597 Å². The molecule has 9 rings (SSSR count). The van der Waals surface area contributed by atoms with Crippen LogP contribution in [0.15, 0.2) is 201 Å². The first-order valence-electron chi connectivity index (χ1n) is 29.7. The fraction of sp³-hybridized carbons (Fsp3) is 0.153. The number of carbonyl (C=O) groups excluding carboxylic acids is 9. The van der Waals surface area contributed by atoms with Gasteiger partial charge in [0, 0.05) is 116 Å². The molecule has 0 aliphatic rings. The monoisotopic (exact) mass is 1440 g/mol. The van der Waals surface area contributed by atoms with Gasteiger partial charge in [-0.2, -0.15) is 5.26 Å². The second-order valence-corrected chi connectivity index (χ2v) is 20.6. The van der Waals surface area contributed by atoms with Gasteiger partial charge in [0.25, 0.3) is 0 Å². The molecule has 0 saturated carbocycles. The van der Waals surface area contributed by atoms with Crippen molar-refractivity contribution in [2.75, 3.05) is 62.1 Å². The largest absolute Gasteiger partial charge is 0.497 e. The Morgan fingerprint density at radius 1 is 0.392 bits per heavy atom. The van der Waals surface area contributed by atoms with Crippen molar-refractivity contribution in [1.29, 1.82) is 5.26 Å². The number of nitriles is 1. The van der Waals surface area contributed by atoms with Crippen molar-refractivity contribution in [2.45, 2.75) is 62.3 Å². The lowest BCUT2D eigenvalue weighted by Crippen LogP contribution is -2.08. The Balaban J connectivity index is 0.000000574. The number of carbonyl (C=O) groups is 9. The second kappa shape index (κ2) is 49.8. The summed E-state index contributed by atoms with van der Waals surface area (Å²) in [5.74, 6) is -3.00. The Morgan fingerprint density at radius 3 is 1.41 bits per heavy atom. The minimum Gasteiger partial charge on any atom is -0.497 e. The zero-order valence-electron chi connectivity index (χ0n) is 57.1. The molecule has 0 atom stereocenters.